The van der Waals surface area contributed by atoms with Gasteiger partial charge in [0.05, 0.1) is 24.1 Å². The fourth-order valence-corrected chi connectivity index (χ4v) is 3.40. The number of hydrogen-bond acceptors (Lipinski definition) is 4. The number of hydrogen-bond donors (Lipinski definition) is 0. The smallest absolute Gasteiger partial charge is 0.264 e. The lowest BCUT2D eigenvalue weighted by Gasteiger charge is -2.26. The van der Waals surface area contributed by atoms with E-state index >= 15 is 0 Å². The molecule has 1 atom stereocenters. The zero-order valence-electron chi connectivity index (χ0n) is 13.2. The zero-order chi connectivity index (χ0) is 16.5. The number of likely N-dealkylation sites (tertiary alicyclic amines) is 1. The molecule has 124 valence electrons. The molecule has 2 aromatic heterocycles. The van der Waals surface area contributed by atoms with Gasteiger partial charge in [-0.05, 0) is 50.2 Å². The van der Waals surface area contributed by atoms with Gasteiger partial charge in [0.2, 0.25) is 0 Å². The highest BCUT2D eigenvalue weighted by Gasteiger charge is 2.26. The molecule has 0 aliphatic carbocycles. The van der Waals surface area contributed by atoms with Crippen molar-refractivity contribution < 1.29 is 8.81 Å². The second-order valence-electron chi connectivity index (χ2n) is 6.11. The van der Waals surface area contributed by atoms with Crippen LogP contribution in [0.15, 0.2) is 52.1 Å². The van der Waals surface area contributed by atoms with Gasteiger partial charge in [0.25, 0.3) is 5.56 Å². The van der Waals surface area contributed by atoms with E-state index < -0.39 is 5.82 Å². The van der Waals surface area contributed by atoms with E-state index in [1.165, 1.54) is 17.0 Å². The molecular formula is C18H18FN3O2. The summed E-state index contributed by atoms with van der Waals surface area (Å²) in [5.74, 6) is 0.285. The Hall–Kier alpha value is -2.47. The molecule has 1 aliphatic heterocycles. The molecule has 4 rings (SSSR count). The monoisotopic (exact) mass is 327 g/mol. The first-order valence-corrected chi connectivity index (χ1v) is 8.15. The highest BCUT2D eigenvalue weighted by atomic mass is 19.1. The predicted octanol–water partition coefficient (Wildman–Crippen LogP) is 2.97. The van der Waals surface area contributed by atoms with Crippen LogP contribution in [0, 0.1) is 5.82 Å². The molecule has 3 heterocycles. The van der Waals surface area contributed by atoms with Crippen LogP contribution in [-0.2, 0) is 6.54 Å². The van der Waals surface area contributed by atoms with Crippen LogP contribution >= 0.6 is 0 Å². The Balaban J connectivity index is 1.75. The van der Waals surface area contributed by atoms with E-state index in [1.54, 1.807) is 18.4 Å². The lowest BCUT2D eigenvalue weighted by molar-refractivity contribution is 0.192. The molecular weight excluding hydrogens is 309 g/mol. The van der Waals surface area contributed by atoms with E-state index in [2.05, 4.69) is 9.88 Å². The molecule has 0 radical (unpaired) electrons. The summed E-state index contributed by atoms with van der Waals surface area (Å²) >= 11 is 0. The maximum absolute atomic E-state index is 14.1. The van der Waals surface area contributed by atoms with E-state index in [-0.39, 0.29) is 17.0 Å². The Morgan fingerprint density at radius 3 is 2.79 bits per heavy atom. The molecule has 0 bridgehead atoms. The number of halogens is 1. The average molecular weight is 327 g/mol. The average Bonchev–Trinajstić information content (AvgIpc) is 3.28. The van der Waals surface area contributed by atoms with Gasteiger partial charge in [0.15, 0.2) is 0 Å². The van der Waals surface area contributed by atoms with Crippen molar-refractivity contribution >= 4 is 10.9 Å². The van der Waals surface area contributed by atoms with E-state index in [9.17, 15) is 9.18 Å². The maximum atomic E-state index is 14.1. The van der Waals surface area contributed by atoms with Gasteiger partial charge < -0.3 is 4.42 Å². The molecule has 6 heteroatoms. The van der Waals surface area contributed by atoms with Crippen molar-refractivity contribution in [3.63, 3.8) is 0 Å². The lowest BCUT2D eigenvalue weighted by atomic mass is 10.2. The summed E-state index contributed by atoms with van der Waals surface area (Å²) in [7, 11) is 0. The second kappa shape index (κ2) is 6.20. The van der Waals surface area contributed by atoms with Gasteiger partial charge in [-0.25, -0.2) is 9.37 Å². The quantitative estimate of drug-likeness (QED) is 0.739. The van der Waals surface area contributed by atoms with E-state index in [4.69, 9.17) is 4.42 Å². The molecule has 1 aromatic carbocycles. The zero-order valence-corrected chi connectivity index (χ0v) is 13.2. The summed E-state index contributed by atoms with van der Waals surface area (Å²) in [5, 5.41) is 0.0413. The van der Waals surface area contributed by atoms with E-state index in [0.29, 0.717) is 12.1 Å². The van der Waals surface area contributed by atoms with Crippen molar-refractivity contribution in [2.45, 2.75) is 25.4 Å². The normalized spacial score (nSPS) is 16.7. The fraction of sp³-hybridized carbons (Fsp3) is 0.333. The minimum Gasteiger partial charge on any atom is -0.468 e. The highest BCUT2D eigenvalue weighted by molar-refractivity contribution is 5.77. The van der Waals surface area contributed by atoms with Crippen LogP contribution in [0.4, 0.5) is 4.39 Å². The Morgan fingerprint density at radius 1 is 1.21 bits per heavy atom. The van der Waals surface area contributed by atoms with Gasteiger partial charge >= 0.3 is 0 Å². The Kier molecular flexibility index (Phi) is 3.90. The number of rotatable bonds is 4. The number of fused-ring (bicyclic) bond motifs is 1. The van der Waals surface area contributed by atoms with Crippen LogP contribution in [-0.4, -0.2) is 27.5 Å². The van der Waals surface area contributed by atoms with Gasteiger partial charge in [-0.15, -0.1) is 0 Å². The van der Waals surface area contributed by atoms with Crippen LogP contribution in [0.25, 0.3) is 10.9 Å². The molecule has 5 nitrogen and oxygen atoms in total. The molecule has 1 saturated heterocycles. The number of nitrogens with zero attached hydrogens (tertiary/aromatic N) is 3. The second-order valence-corrected chi connectivity index (χ2v) is 6.11. The number of furan rings is 1. The SMILES string of the molecule is O=c1c2c(F)cccc2ncn1CC(c1ccco1)N1CCCC1. The Bertz CT molecular complexity index is 898. The summed E-state index contributed by atoms with van der Waals surface area (Å²) < 4.78 is 21.1. The molecule has 1 unspecified atom stereocenters. The minimum absolute atomic E-state index is 0.0413. The van der Waals surface area contributed by atoms with Crippen molar-refractivity contribution in [2.75, 3.05) is 13.1 Å². The summed E-state index contributed by atoms with van der Waals surface area (Å²) in [6, 6.07) is 8.22. The number of aromatic nitrogens is 2. The molecule has 0 N–H and O–H groups in total. The highest BCUT2D eigenvalue weighted by Crippen LogP contribution is 2.27. The minimum atomic E-state index is -0.532. The summed E-state index contributed by atoms with van der Waals surface area (Å²) in [6.07, 6.45) is 5.41. The van der Waals surface area contributed by atoms with E-state index in [0.717, 1.165) is 31.7 Å². The van der Waals surface area contributed by atoms with Crippen molar-refractivity contribution in [2.24, 2.45) is 0 Å². The molecule has 0 saturated carbocycles. The van der Waals surface area contributed by atoms with Crippen molar-refractivity contribution in [3.8, 4) is 0 Å². The number of benzene rings is 1. The third-order valence-corrected chi connectivity index (χ3v) is 4.63. The van der Waals surface area contributed by atoms with E-state index in [1.807, 2.05) is 12.1 Å². The maximum Gasteiger partial charge on any atom is 0.264 e. The van der Waals surface area contributed by atoms with Gasteiger partial charge in [0, 0.05) is 6.54 Å². The topological polar surface area (TPSA) is 51.3 Å². The molecule has 0 spiro atoms. The third-order valence-electron chi connectivity index (χ3n) is 4.63. The lowest BCUT2D eigenvalue weighted by Crippen LogP contribution is -2.33. The molecule has 3 aromatic rings. The Morgan fingerprint density at radius 2 is 2.04 bits per heavy atom. The van der Waals surface area contributed by atoms with Gasteiger partial charge in [-0.1, -0.05) is 6.07 Å². The fourth-order valence-electron chi connectivity index (χ4n) is 3.40. The van der Waals surface area contributed by atoms with Crippen LogP contribution in [0.1, 0.15) is 24.6 Å². The van der Waals surface area contributed by atoms with Crippen molar-refractivity contribution in [3.05, 3.63) is 64.9 Å². The summed E-state index contributed by atoms with van der Waals surface area (Å²) in [5.41, 5.74) is 0.0285. The van der Waals surface area contributed by atoms with Gasteiger partial charge in [-0.2, -0.15) is 0 Å². The Labute approximate surface area is 138 Å². The van der Waals surface area contributed by atoms with Crippen molar-refractivity contribution in [1.82, 2.24) is 14.5 Å². The van der Waals surface area contributed by atoms with Crippen molar-refractivity contribution in [1.29, 1.82) is 0 Å². The third kappa shape index (κ3) is 2.63. The first-order valence-electron chi connectivity index (χ1n) is 8.15. The molecule has 0 amide bonds. The van der Waals surface area contributed by atoms with Crippen LogP contribution in [0.2, 0.25) is 0 Å². The molecule has 1 fully saturated rings. The van der Waals surface area contributed by atoms with Crippen LogP contribution in [0.5, 0.6) is 0 Å². The standard InChI is InChI=1S/C18H18FN3O2/c19-13-5-3-6-14-17(13)18(23)22(12-20-14)11-15(16-7-4-10-24-16)21-8-1-2-9-21/h3-7,10,12,15H,1-2,8-9,11H2. The van der Waals surface area contributed by atoms with Gasteiger partial charge in [0.1, 0.15) is 17.0 Å². The first kappa shape index (κ1) is 15.1. The van der Waals surface area contributed by atoms with Crippen LogP contribution in [0.3, 0.4) is 0 Å². The molecule has 24 heavy (non-hydrogen) atoms. The van der Waals surface area contributed by atoms with Crippen LogP contribution < -0.4 is 5.56 Å². The summed E-state index contributed by atoms with van der Waals surface area (Å²) in [4.78, 5) is 19.2. The largest absolute Gasteiger partial charge is 0.468 e. The first-order chi connectivity index (χ1) is 11.7. The predicted molar refractivity (Wildman–Crippen MR) is 88.2 cm³/mol. The summed E-state index contributed by atoms with van der Waals surface area (Å²) in [6.45, 7) is 2.33. The molecule has 1 aliphatic rings. The van der Waals surface area contributed by atoms with Gasteiger partial charge in [-0.3, -0.25) is 14.3 Å².